The highest BCUT2D eigenvalue weighted by atomic mass is 19.1. The van der Waals surface area contributed by atoms with E-state index >= 15 is 0 Å². The Morgan fingerprint density at radius 2 is 2.25 bits per heavy atom. The van der Waals surface area contributed by atoms with E-state index in [1.54, 1.807) is 6.07 Å². The molecular weight excluding hydrogens is 207 g/mol. The minimum absolute atomic E-state index is 0.269. The fraction of sp³-hybridized carbons (Fsp3) is 0.417. The third-order valence-corrected chi connectivity index (χ3v) is 3.29. The van der Waals surface area contributed by atoms with E-state index in [0.29, 0.717) is 17.8 Å². The Kier molecular flexibility index (Phi) is 2.01. The predicted octanol–water partition coefficient (Wildman–Crippen LogP) is 2.56. The minimum Gasteiger partial charge on any atom is -0.385 e. The lowest BCUT2D eigenvalue weighted by atomic mass is 10.0. The van der Waals surface area contributed by atoms with Crippen LogP contribution >= 0.6 is 0 Å². The summed E-state index contributed by atoms with van der Waals surface area (Å²) in [6.07, 6.45) is 1.03. The third kappa shape index (κ3) is 1.19. The molecule has 0 aliphatic carbocycles. The van der Waals surface area contributed by atoms with E-state index < -0.39 is 6.10 Å². The standard InChI is InChI=1S/C12H13FN2O/c1-7-5-6-10(16)12-14-11-8(13)3-2-4-9(11)15(7)12/h2-4,7,10,16H,5-6H2,1H3. The first-order valence-electron chi connectivity index (χ1n) is 5.53. The van der Waals surface area contributed by atoms with Gasteiger partial charge in [-0.3, -0.25) is 0 Å². The minimum atomic E-state index is -0.567. The van der Waals surface area contributed by atoms with Crippen molar-refractivity contribution in [2.45, 2.75) is 31.9 Å². The molecule has 16 heavy (non-hydrogen) atoms. The lowest BCUT2D eigenvalue weighted by Gasteiger charge is -2.25. The van der Waals surface area contributed by atoms with Crippen molar-refractivity contribution >= 4 is 11.0 Å². The number of rotatable bonds is 0. The fourth-order valence-corrected chi connectivity index (χ4v) is 2.46. The van der Waals surface area contributed by atoms with Crippen LogP contribution in [0.15, 0.2) is 18.2 Å². The molecule has 0 radical (unpaired) electrons. The quantitative estimate of drug-likeness (QED) is 0.741. The summed E-state index contributed by atoms with van der Waals surface area (Å²) in [5.74, 6) is 0.276. The van der Waals surface area contributed by atoms with E-state index in [1.807, 2.05) is 10.6 Å². The number of aliphatic hydroxyl groups is 1. The lowest BCUT2D eigenvalue weighted by molar-refractivity contribution is 0.125. The number of aromatic nitrogens is 2. The first kappa shape index (κ1) is 9.78. The van der Waals surface area contributed by atoms with Gasteiger partial charge in [0.2, 0.25) is 0 Å². The second kappa shape index (κ2) is 3.28. The van der Waals surface area contributed by atoms with Crippen molar-refractivity contribution in [1.29, 1.82) is 0 Å². The number of imidazole rings is 1. The van der Waals surface area contributed by atoms with Gasteiger partial charge in [0.15, 0.2) is 5.82 Å². The number of benzene rings is 1. The number of halogens is 1. The third-order valence-electron chi connectivity index (χ3n) is 3.29. The summed E-state index contributed by atoms with van der Waals surface area (Å²) in [7, 11) is 0. The lowest BCUT2D eigenvalue weighted by Crippen LogP contribution is -2.19. The molecule has 0 bridgehead atoms. The molecule has 0 fully saturated rings. The molecule has 3 rings (SSSR count). The fourth-order valence-electron chi connectivity index (χ4n) is 2.46. The molecule has 1 aliphatic heterocycles. The van der Waals surface area contributed by atoms with Gasteiger partial charge in [0.1, 0.15) is 17.4 Å². The van der Waals surface area contributed by atoms with Gasteiger partial charge in [0.25, 0.3) is 0 Å². The van der Waals surface area contributed by atoms with Gasteiger partial charge in [-0.1, -0.05) is 6.07 Å². The Hall–Kier alpha value is -1.42. The monoisotopic (exact) mass is 220 g/mol. The summed E-state index contributed by atoms with van der Waals surface area (Å²) in [6, 6.07) is 5.20. The molecule has 2 heterocycles. The molecule has 1 aromatic heterocycles. The molecular formula is C12H13FN2O. The van der Waals surface area contributed by atoms with Gasteiger partial charge in [0.05, 0.1) is 5.52 Å². The number of para-hydroxylation sites is 1. The maximum absolute atomic E-state index is 13.6. The second-order valence-corrected chi connectivity index (χ2v) is 4.39. The van der Waals surface area contributed by atoms with Crippen molar-refractivity contribution in [3.05, 3.63) is 29.8 Å². The van der Waals surface area contributed by atoms with Crippen LogP contribution in [0.25, 0.3) is 11.0 Å². The Labute approximate surface area is 92.5 Å². The van der Waals surface area contributed by atoms with E-state index in [2.05, 4.69) is 11.9 Å². The molecule has 1 aromatic carbocycles. The molecule has 2 atom stereocenters. The van der Waals surface area contributed by atoms with Crippen LogP contribution in [-0.4, -0.2) is 14.7 Å². The zero-order valence-corrected chi connectivity index (χ0v) is 9.02. The normalized spacial score (nSPS) is 24.7. The summed E-state index contributed by atoms with van der Waals surface area (Å²) < 4.78 is 15.5. The van der Waals surface area contributed by atoms with Crippen molar-refractivity contribution in [3.8, 4) is 0 Å². The van der Waals surface area contributed by atoms with Crippen molar-refractivity contribution in [2.24, 2.45) is 0 Å². The SMILES string of the molecule is CC1CCC(O)c2nc3c(F)cccc3n21. The zero-order chi connectivity index (χ0) is 11.3. The summed E-state index contributed by atoms with van der Waals surface area (Å²) in [6.45, 7) is 2.07. The number of aliphatic hydroxyl groups excluding tert-OH is 1. The summed E-state index contributed by atoms with van der Waals surface area (Å²) in [5, 5.41) is 9.87. The number of hydrogen-bond donors (Lipinski definition) is 1. The van der Waals surface area contributed by atoms with E-state index in [4.69, 9.17) is 0 Å². The molecule has 2 aromatic rings. The first-order chi connectivity index (χ1) is 7.68. The second-order valence-electron chi connectivity index (χ2n) is 4.39. The largest absolute Gasteiger partial charge is 0.385 e. The predicted molar refractivity (Wildman–Crippen MR) is 58.6 cm³/mol. The smallest absolute Gasteiger partial charge is 0.151 e. The van der Waals surface area contributed by atoms with Crippen LogP contribution < -0.4 is 0 Å². The average Bonchev–Trinajstić information content (AvgIpc) is 2.66. The number of hydrogen-bond acceptors (Lipinski definition) is 2. The van der Waals surface area contributed by atoms with Gasteiger partial charge in [-0.25, -0.2) is 9.37 Å². The molecule has 2 unspecified atom stereocenters. The van der Waals surface area contributed by atoms with Crippen LogP contribution in [0.1, 0.15) is 37.7 Å². The average molecular weight is 220 g/mol. The Morgan fingerprint density at radius 1 is 1.44 bits per heavy atom. The maximum Gasteiger partial charge on any atom is 0.151 e. The number of fused-ring (bicyclic) bond motifs is 3. The molecule has 3 nitrogen and oxygen atoms in total. The highest BCUT2D eigenvalue weighted by Crippen LogP contribution is 2.35. The van der Waals surface area contributed by atoms with Gasteiger partial charge in [-0.05, 0) is 31.9 Å². The molecule has 0 saturated heterocycles. The highest BCUT2D eigenvalue weighted by molar-refractivity contribution is 5.77. The molecule has 4 heteroatoms. The van der Waals surface area contributed by atoms with Gasteiger partial charge in [0, 0.05) is 6.04 Å². The topological polar surface area (TPSA) is 38.1 Å². The van der Waals surface area contributed by atoms with Gasteiger partial charge in [-0.15, -0.1) is 0 Å². The van der Waals surface area contributed by atoms with Gasteiger partial charge >= 0.3 is 0 Å². The van der Waals surface area contributed by atoms with Crippen molar-refractivity contribution in [1.82, 2.24) is 9.55 Å². The van der Waals surface area contributed by atoms with Crippen molar-refractivity contribution < 1.29 is 9.50 Å². The van der Waals surface area contributed by atoms with Crippen LogP contribution in [0, 0.1) is 5.82 Å². The van der Waals surface area contributed by atoms with Gasteiger partial charge in [-0.2, -0.15) is 0 Å². The molecule has 0 saturated carbocycles. The van der Waals surface area contributed by atoms with Crippen LogP contribution in [0.5, 0.6) is 0 Å². The van der Waals surface area contributed by atoms with Crippen molar-refractivity contribution in [2.75, 3.05) is 0 Å². The van der Waals surface area contributed by atoms with Crippen LogP contribution in [0.2, 0.25) is 0 Å². The molecule has 0 amide bonds. The Morgan fingerprint density at radius 3 is 3.06 bits per heavy atom. The molecule has 0 spiro atoms. The van der Waals surface area contributed by atoms with Crippen LogP contribution in [0.3, 0.4) is 0 Å². The van der Waals surface area contributed by atoms with Crippen LogP contribution in [0.4, 0.5) is 4.39 Å². The highest BCUT2D eigenvalue weighted by Gasteiger charge is 2.27. The first-order valence-corrected chi connectivity index (χ1v) is 5.53. The Balaban J connectivity index is 2.37. The van der Waals surface area contributed by atoms with E-state index in [-0.39, 0.29) is 11.9 Å². The van der Waals surface area contributed by atoms with E-state index in [0.717, 1.165) is 11.9 Å². The number of nitrogens with zero attached hydrogens (tertiary/aromatic N) is 2. The van der Waals surface area contributed by atoms with E-state index in [1.165, 1.54) is 6.07 Å². The zero-order valence-electron chi connectivity index (χ0n) is 9.02. The van der Waals surface area contributed by atoms with Crippen molar-refractivity contribution in [3.63, 3.8) is 0 Å². The molecule has 84 valence electrons. The molecule has 1 aliphatic rings. The summed E-state index contributed by atoms with van der Waals surface area (Å²) >= 11 is 0. The van der Waals surface area contributed by atoms with Crippen LogP contribution in [-0.2, 0) is 0 Å². The Bertz CT molecular complexity index is 549. The van der Waals surface area contributed by atoms with E-state index in [9.17, 15) is 9.50 Å². The summed E-state index contributed by atoms with van der Waals surface area (Å²) in [4.78, 5) is 4.22. The summed E-state index contributed by atoms with van der Waals surface area (Å²) in [5.41, 5.74) is 1.14. The van der Waals surface area contributed by atoms with Gasteiger partial charge < -0.3 is 9.67 Å². The molecule has 1 N–H and O–H groups in total. The maximum atomic E-state index is 13.6.